The van der Waals surface area contributed by atoms with Crippen LogP contribution in [-0.4, -0.2) is 47.5 Å². The Bertz CT molecular complexity index is 1260. The van der Waals surface area contributed by atoms with Gasteiger partial charge in [-0.3, -0.25) is 4.79 Å². The van der Waals surface area contributed by atoms with E-state index in [4.69, 9.17) is 18.9 Å². The molecule has 0 spiro atoms. The van der Waals surface area contributed by atoms with Gasteiger partial charge in [-0.1, -0.05) is 175 Å². The lowest BCUT2D eigenvalue weighted by Gasteiger charge is -2.44. The normalized spacial score (nSPS) is 20.7. The molecule has 4 rings (SSSR count). The van der Waals surface area contributed by atoms with Crippen molar-refractivity contribution in [3.8, 4) is 0 Å². The van der Waals surface area contributed by atoms with E-state index in [9.17, 15) is 9.90 Å². The van der Waals surface area contributed by atoms with E-state index in [1.54, 1.807) is 0 Å². The molecule has 1 saturated heterocycles. The highest BCUT2D eigenvalue weighted by Gasteiger charge is 2.47. The Labute approximate surface area is 299 Å². The van der Waals surface area contributed by atoms with Gasteiger partial charge in [-0.2, -0.15) is 0 Å². The van der Waals surface area contributed by atoms with Crippen molar-refractivity contribution in [2.75, 3.05) is 6.61 Å². The second-order valence-corrected chi connectivity index (χ2v) is 14.3. The van der Waals surface area contributed by atoms with Crippen LogP contribution in [0.3, 0.4) is 0 Å². The van der Waals surface area contributed by atoms with Crippen molar-refractivity contribution in [1.82, 2.24) is 0 Å². The van der Waals surface area contributed by atoms with E-state index < -0.39 is 29.9 Å². The molecular formula is C42H58O6S. The van der Waals surface area contributed by atoms with Crippen molar-refractivity contribution in [2.24, 2.45) is 0 Å². The molecule has 0 aromatic heterocycles. The molecule has 3 aromatic carbocycles. The molecule has 268 valence electrons. The Hall–Kier alpha value is -2.68. The lowest BCUT2D eigenvalue weighted by Crippen LogP contribution is -2.59. The topological polar surface area (TPSA) is 74.2 Å². The Morgan fingerprint density at radius 3 is 1.65 bits per heavy atom. The molecule has 1 aliphatic heterocycles. The van der Waals surface area contributed by atoms with Crippen LogP contribution in [0.2, 0.25) is 0 Å². The maximum absolute atomic E-state index is 12.9. The van der Waals surface area contributed by atoms with Gasteiger partial charge in [0.1, 0.15) is 36.5 Å². The summed E-state index contributed by atoms with van der Waals surface area (Å²) in [6, 6.07) is 29.7. The number of carbonyl (C=O) groups excluding carboxylic acids is 1. The molecule has 0 unspecified atom stereocenters. The Morgan fingerprint density at radius 2 is 1.12 bits per heavy atom. The summed E-state index contributed by atoms with van der Waals surface area (Å²) in [7, 11) is 0. The number of benzene rings is 3. The van der Waals surface area contributed by atoms with E-state index in [2.05, 4.69) is 6.92 Å². The average molecular weight is 691 g/mol. The first-order valence-corrected chi connectivity index (χ1v) is 19.5. The van der Waals surface area contributed by atoms with Crippen molar-refractivity contribution >= 4 is 17.7 Å². The van der Waals surface area contributed by atoms with Gasteiger partial charge in [0.15, 0.2) is 0 Å². The van der Waals surface area contributed by atoms with Crippen molar-refractivity contribution in [3.63, 3.8) is 0 Å². The SMILES string of the molecule is CCCCCCCCCCCCCCCC(=O)OC[C@H]1O[C@H](Sc2ccccc2)[C@@H](O)[C@@H](OCc2ccccc2)[C@@H]1OCc1ccccc1. The molecule has 1 aliphatic rings. The Kier molecular flexibility index (Phi) is 18.9. The van der Waals surface area contributed by atoms with Gasteiger partial charge in [0, 0.05) is 11.3 Å². The number of carbonyl (C=O) groups is 1. The fraction of sp³-hybridized carbons (Fsp3) is 0.548. The lowest BCUT2D eigenvalue weighted by molar-refractivity contribution is -0.241. The van der Waals surface area contributed by atoms with Crippen LogP contribution in [0.4, 0.5) is 0 Å². The maximum atomic E-state index is 12.9. The first-order chi connectivity index (χ1) is 24.1. The minimum absolute atomic E-state index is 0.0283. The highest BCUT2D eigenvalue weighted by molar-refractivity contribution is 7.99. The first-order valence-electron chi connectivity index (χ1n) is 18.7. The van der Waals surface area contributed by atoms with E-state index in [1.165, 1.54) is 76.0 Å². The van der Waals surface area contributed by atoms with Crippen molar-refractivity contribution in [1.29, 1.82) is 0 Å². The van der Waals surface area contributed by atoms with Crippen LogP contribution < -0.4 is 0 Å². The van der Waals surface area contributed by atoms with Gasteiger partial charge in [0.2, 0.25) is 0 Å². The molecule has 0 aliphatic carbocycles. The van der Waals surface area contributed by atoms with Gasteiger partial charge in [0.25, 0.3) is 0 Å². The lowest BCUT2D eigenvalue weighted by atomic mass is 9.99. The molecule has 1 fully saturated rings. The van der Waals surface area contributed by atoms with E-state index in [-0.39, 0.29) is 12.6 Å². The summed E-state index contributed by atoms with van der Waals surface area (Å²) < 4.78 is 25.2. The van der Waals surface area contributed by atoms with Crippen molar-refractivity contribution in [3.05, 3.63) is 102 Å². The van der Waals surface area contributed by atoms with Gasteiger partial charge in [0.05, 0.1) is 13.2 Å². The predicted octanol–water partition coefficient (Wildman–Crippen LogP) is 10.1. The first kappa shape index (κ1) is 39.1. The van der Waals surface area contributed by atoms with Crippen LogP contribution in [0.5, 0.6) is 0 Å². The van der Waals surface area contributed by atoms with Crippen LogP contribution in [-0.2, 0) is 37.0 Å². The summed E-state index contributed by atoms with van der Waals surface area (Å²) in [5.41, 5.74) is 1.36. The number of unbranched alkanes of at least 4 members (excludes halogenated alkanes) is 12. The van der Waals surface area contributed by atoms with E-state index in [0.717, 1.165) is 35.3 Å². The third-order valence-corrected chi connectivity index (χ3v) is 10.2. The Balaban J connectivity index is 1.30. The second-order valence-electron chi connectivity index (χ2n) is 13.2. The number of rotatable bonds is 24. The van der Waals surface area contributed by atoms with Crippen LogP contribution in [0.25, 0.3) is 0 Å². The number of ether oxygens (including phenoxy) is 4. The third kappa shape index (κ3) is 15.0. The van der Waals surface area contributed by atoms with Crippen molar-refractivity contribution in [2.45, 2.75) is 145 Å². The molecule has 6 nitrogen and oxygen atoms in total. The minimum Gasteiger partial charge on any atom is -0.463 e. The molecule has 5 atom stereocenters. The summed E-state index contributed by atoms with van der Waals surface area (Å²) >= 11 is 1.44. The number of hydrogen-bond donors (Lipinski definition) is 1. The standard InChI is InChI=1S/C42H58O6S/c1-2-3-4-5-6-7-8-9-10-11-12-13-23-30-38(43)45-33-37-40(46-31-34-24-17-14-18-25-34)41(47-32-35-26-19-15-20-27-35)39(44)42(48-37)49-36-28-21-16-22-29-36/h14-22,24-29,37,39-42,44H,2-13,23,30-33H2,1H3/t37-,39+,40-,41-,42-/m1/s1. The van der Waals surface area contributed by atoms with E-state index in [1.807, 2.05) is 91.0 Å². The van der Waals surface area contributed by atoms with Gasteiger partial charge in [-0.25, -0.2) is 0 Å². The third-order valence-electron chi connectivity index (χ3n) is 9.07. The van der Waals surface area contributed by atoms with Gasteiger partial charge in [-0.05, 0) is 29.7 Å². The number of aliphatic hydroxyl groups is 1. The minimum atomic E-state index is -0.979. The summed E-state index contributed by atoms with van der Waals surface area (Å²) in [5, 5.41) is 11.7. The number of hydrogen-bond acceptors (Lipinski definition) is 7. The number of thioether (sulfide) groups is 1. The number of aliphatic hydroxyl groups excluding tert-OH is 1. The molecule has 49 heavy (non-hydrogen) atoms. The molecule has 0 saturated carbocycles. The van der Waals surface area contributed by atoms with Crippen molar-refractivity contribution < 1.29 is 28.8 Å². The van der Waals surface area contributed by atoms with E-state index in [0.29, 0.717) is 19.6 Å². The smallest absolute Gasteiger partial charge is 0.305 e. The van der Waals surface area contributed by atoms with Gasteiger partial charge in [-0.15, -0.1) is 0 Å². The highest BCUT2D eigenvalue weighted by atomic mass is 32.2. The fourth-order valence-electron chi connectivity index (χ4n) is 6.22. The Morgan fingerprint density at radius 1 is 0.653 bits per heavy atom. The molecular weight excluding hydrogens is 633 g/mol. The predicted molar refractivity (Wildman–Crippen MR) is 198 cm³/mol. The quantitative estimate of drug-likeness (QED) is 0.0741. The molecule has 0 amide bonds. The maximum Gasteiger partial charge on any atom is 0.305 e. The fourth-order valence-corrected chi connectivity index (χ4v) is 7.29. The molecule has 1 N–H and O–H groups in total. The summed E-state index contributed by atoms with van der Waals surface area (Å²) in [5.74, 6) is -0.228. The monoisotopic (exact) mass is 690 g/mol. The molecule has 0 bridgehead atoms. The summed E-state index contributed by atoms with van der Waals surface area (Å²) in [4.78, 5) is 13.9. The molecule has 3 aromatic rings. The van der Waals surface area contributed by atoms with Gasteiger partial charge < -0.3 is 24.1 Å². The summed E-state index contributed by atoms with van der Waals surface area (Å²) in [6.45, 7) is 2.91. The van der Waals surface area contributed by atoms with Crippen LogP contribution in [0.1, 0.15) is 108 Å². The zero-order valence-corrected chi connectivity index (χ0v) is 30.3. The van der Waals surface area contributed by atoms with Crippen LogP contribution in [0, 0.1) is 0 Å². The van der Waals surface area contributed by atoms with Crippen LogP contribution >= 0.6 is 11.8 Å². The van der Waals surface area contributed by atoms with E-state index >= 15 is 0 Å². The number of esters is 1. The summed E-state index contributed by atoms with van der Waals surface area (Å²) in [6.07, 6.45) is 13.8. The average Bonchev–Trinajstić information content (AvgIpc) is 3.13. The molecule has 7 heteroatoms. The molecule has 0 radical (unpaired) electrons. The largest absolute Gasteiger partial charge is 0.463 e. The zero-order chi connectivity index (χ0) is 34.4. The van der Waals surface area contributed by atoms with Gasteiger partial charge >= 0.3 is 5.97 Å². The molecule has 1 heterocycles. The zero-order valence-electron chi connectivity index (χ0n) is 29.5. The highest BCUT2D eigenvalue weighted by Crippen LogP contribution is 2.36. The van der Waals surface area contributed by atoms with Crippen LogP contribution in [0.15, 0.2) is 95.9 Å². The second kappa shape index (κ2) is 23.7.